The largest absolute Gasteiger partial charge is 0.366 e. The molecular formula is C29H36FN5O2S. The first-order valence-corrected chi connectivity index (χ1v) is 14.0. The van der Waals surface area contributed by atoms with Gasteiger partial charge in [-0.1, -0.05) is 12.5 Å². The number of benzene rings is 2. The second kappa shape index (κ2) is 12.0. The third-order valence-electron chi connectivity index (χ3n) is 6.92. The fourth-order valence-electron chi connectivity index (χ4n) is 5.27. The molecule has 1 atom stereocenters. The van der Waals surface area contributed by atoms with Gasteiger partial charge in [-0.05, 0) is 76.9 Å². The van der Waals surface area contributed by atoms with Crippen LogP contribution in [0.1, 0.15) is 72.7 Å². The van der Waals surface area contributed by atoms with Crippen LogP contribution in [0, 0.1) is 5.82 Å². The fourth-order valence-corrected chi connectivity index (χ4v) is 5.96. The molecule has 2 aromatic carbocycles. The van der Waals surface area contributed by atoms with Crippen LogP contribution >= 0.6 is 11.3 Å². The Labute approximate surface area is 228 Å². The van der Waals surface area contributed by atoms with Gasteiger partial charge < -0.3 is 10.6 Å². The van der Waals surface area contributed by atoms with Gasteiger partial charge in [-0.2, -0.15) is 0 Å². The normalized spacial score (nSPS) is 16.1. The van der Waals surface area contributed by atoms with Crippen molar-refractivity contribution in [3.8, 4) is 0 Å². The summed E-state index contributed by atoms with van der Waals surface area (Å²) in [5.41, 5.74) is 6.85. The standard InChI is InChI=1S/C29H36FN5O2S/c1-19(2)34(20(3)4)29(37)21-11-13-22(14-12-21)35(25-10-7-9-24(27(25)30)28(31)36)33-16-6-5-8-23(33)18-26-32-15-17-38-26/h7,9-15,17,19-20,23H,5-6,8,16,18H2,1-4H3,(H2,31,36). The van der Waals surface area contributed by atoms with Crippen LogP contribution < -0.4 is 10.7 Å². The van der Waals surface area contributed by atoms with Crippen molar-refractivity contribution in [2.45, 2.75) is 71.5 Å². The van der Waals surface area contributed by atoms with Crippen LogP contribution in [0.3, 0.4) is 0 Å². The van der Waals surface area contributed by atoms with Gasteiger partial charge in [0.2, 0.25) is 0 Å². The number of carbonyl (C=O) groups excluding carboxylic acids is 2. The first-order chi connectivity index (χ1) is 18.2. The molecule has 2 amide bonds. The number of carbonyl (C=O) groups is 2. The second-order valence-electron chi connectivity index (χ2n) is 10.2. The number of anilines is 2. The fraction of sp³-hybridized carbons (Fsp3) is 0.414. The molecule has 38 heavy (non-hydrogen) atoms. The van der Waals surface area contributed by atoms with Crippen LogP contribution in [-0.2, 0) is 6.42 Å². The van der Waals surface area contributed by atoms with E-state index in [0.717, 1.165) is 30.7 Å². The number of hydrogen-bond acceptors (Lipinski definition) is 6. The van der Waals surface area contributed by atoms with E-state index in [9.17, 15) is 9.59 Å². The Morgan fingerprint density at radius 2 is 1.82 bits per heavy atom. The molecule has 202 valence electrons. The summed E-state index contributed by atoms with van der Waals surface area (Å²) in [6.45, 7) is 8.72. The summed E-state index contributed by atoms with van der Waals surface area (Å²) in [6.07, 6.45) is 5.49. The Morgan fingerprint density at radius 1 is 1.11 bits per heavy atom. The van der Waals surface area contributed by atoms with Crippen LogP contribution in [0.25, 0.3) is 0 Å². The zero-order valence-electron chi connectivity index (χ0n) is 22.4. The average molecular weight is 538 g/mol. The highest BCUT2D eigenvalue weighted by atomic mass is 32.1. The van der Waals surface area contributed by atoms with Gasteiger partial charge in [-0.3, -0.25) is 14.6 Å². The van der Waals surface area contributed by atoms with Crippen LogP contribution in [-0.4, -0.2) is 51.4 Å². The minimum absolute atomic E-state index is 0.0466. The molecule has 1 fully saturated rings. The Kier molecular flexibility index (Phi) is 8.79. The van der Waals surface area contributed by atoms with Gasteiger partial charge in [-0.25, -0.2) is 14.4 Å². The molecule has 2 N–H and O–H groups in total. The van der Waals surface area contributed by atoms with Crippen molar-refractivity contribution in [3.63, 3.8) is 0 Å². The third-order valence-corrected chi connectivity index (χ3v) is 7.73. The molecule has 0 aliphatic carbocycles. The van der Waals surface area contributed by atoms with E-state index in [2.05, 4.69) is 9.99 Å². The molecule has 2 heterocycles. The molecule has 3 aromatic rings. The van der Waals surface area contributed by atoms with Crippen LogP contribution in [0.15, 0.2) is 54.0 Å². The highest BCUT2D eigenvalue weighted by Gasteiger charge is 2.32. The number of rotatable bonds is 9. The van der Waals surface area contributed by atoms with Gasteiger partial charge in [0.1, 0.15) is 0 Å². The van der Waals surface area contributed by atoms with E-state index >= 15 is 4.39 Å². The molecule has 0 spiro atoms. The average Bonchev–Trinajstić information content (AvgIpc) is 3.39. The van der Waals surface area contributed by atoms with Gasteiger partial charge in [-0.15, -0.1) is 11.3 Å². The number of hydrogen-bond donors (Lipinski definition) is 1. The number of halogens is 1. The van der Waals surface area contributed by atoms with Crippen molar-refractivity contribution in [2.75, 3.05) is 11.6 Å². The number of hydrazine groups is 1. The van der Waals surface area contributed by atoms with Gasteiger partial charge in [0.25, 0.3) is 11.8 Å². The Hall–Kier alpha value is -3.30. The molecule has 1 aliphatic rings. The van der Waals surface area contributed by atoms with Crippen molar-refractivity contribution < 1.29 is 14.0 Å². The summed E-state index contributed by atoms with van der Waals surface area (Å²) in [5, 5.41) is 7.00. The molecule has 1 aromatic heterocycles. The maximum absolute atomic E-state index is 15.8. The summed E-state index contributed by atoms with van der Waals surface area (Å²) in [5.74, 6) is -1.52. The summed E-state index contributed by atoms with van der Waals surface area (Å²) >= 11 is 1.61. The van der Waals surface area contributed by atoms with Gasteiger partial charge in [0.05, 0.1) is 21.9 Å². The first-order valence-electron chi connectivity index (χ1n) is 13.1. The van der Waals surface area contributed by atoms with Crippen molar-refractivity contribution >= 4 is 34.5 Å². The number of thiazole rings is 1. The minimum Gasteiger partial charge on any atom is -0.366 e. The van der Waals surface area contributed by atoms with Crippen molar-refractivity contribution in [1.82, 2.24) is 14.9 Å². The Bertz CT molecular complexity index is 1240. The smallest absolute Gasteiger partial charge is 0.254 e. The zero-order chi connectivity index (χ0) is 27.4. The van der Waals surface area contributed by atoms with E-state index in [1.165, 1.54) is 6.07 Å². The summed E-state index contributed by atoms with van der Waals surface area (Å²) in [7, 11) is 0. The quantitative estimate of drug-likeness (QED) is 0.374. The third kappa shape index (κ3) is 5.89. The maximum atomic E-state index is 15.8. The summed E-state index contributed by atoms with van der Waals surface area (Å²) in [6, 6.07) is 12.2. The summed E-state index contributed by atoms with van der Waals surface area (Å²) < 4.78 is 15.8. The molecule has 0 saturated carbocycles. The van der Waals surface area contributed by atoms with Crippen LogP contribution in [0.4, 0.5) is 15.8 Å². The van der Waals surface area contributed by atoms with Crippen molar-refractivity contribution in [1.29, 1.82) is 0 Å². The number of amides is 2. The molecule has 7 nitrogen and oxygen atoms in total. The predicted molar refractivity (Wildman–Crippen MR) is 150 cm³/mol. The highest BCUT2D eigenvalue weighted by molar-refractivity contribution is 7.09. The number of primary amides is 1. The highest BCUT2D eigenvalue weighted by Crippen LogP contribution is 2.36. The Morgan fingerprint density at radius 3 is 2.42 bits per heavy atom. The van der Waals surface area contributed by atoms with E-state index in [-0.39, 0.29) is 35.3 Å². The molecular weight excluding hydrogens is 501 g/mol. The zero-order valence-corrected chi connectivity index (χ0v) is 23.2. The molecule has 0 radical (unpaired) electrons. The van der Waals surface area contributed by atoms with Gasteiger partial charge >= 0.3 is 0 Å². The van der Waals surface area contributed by atoms with E-state index in [4.69, 9.17) is 5.73 Å². The van der Waals surface area contributed by atoms with E-state index in [1.807, 2.05) is 55.1 Å². The number of aromatic nitrogens is 1. The topological polar surface area (TPSA) is 82.8 Å². The van der Waals surface area contributed by atoms with E-state index < -0.39 is 11.7 Å². The summed E-state index contributed by atoms with van der Waals surface area (Å²) in [4.78, 5) is 31.6. The molecule has 1 aliphatic heterocycles. The lowest BCUT2D eigenvalue weighted by atomic mass is 10.0. The first kappa shape index (κ1) is 27.7. The number of nitrogens with two attached hydrogens (primary N) is 1. The van der Waals surface area contributed by atoms with Gasteiger partial charge in [0.15, 0.2) is 5.82 Å². The predicted octanol–water partition coefficient (Wildman–Crippen LogP) is 5.79. The lowest BCUT2D eigenvalue weighted by molar-refractivity contribution is 0.0643. The molecule has 9 heteroatoms. The second-order valence-corrected chi connectivity index (χ2v) is 11.2. The van der Waals surface area contributed by atoms with Crippen LogP contribution in [0.2, 0.25) is 0 Å². The number of piperidine rings is 1. The SMILES string of the molecule is CC(C)N(C(=O)c1ccc(N(c2cccc(C(N)=O)c2F)N2CCCCC2Cc2nccs2)cc1)C(C)C. The van der Waals surface area contributed by atoms with E-state index in [1.54, 1.807) is 41.8 Å². The van der Waals surface area contributed by atoms with Crippen LogP contribution in [0.5, 0.6) is 0 Å². The van der Waals surface area contributed by atoms with Crippen molar-refractivity contribution in [2.24, 2.45) is 5.73 Å². The molecule has 1 unspecified atom stereocenters. The Balaban J connectivity index is 1.77. The van der Waals surface area contributed by atoms with Crippen molar-refractivity contribution in [3.05, 3.63) is 76.0 Å². The maximum Gasteiger partial charge on any atom is 0.254 e. The molecule has 4 rings (SSSR count). The minimum atomic E-state index is -0.814. The van der Waals surface area contributed by atoms with E-state index in [0.29, 0.717) is 17.8 Å². The molecule has 1 saturated heterocycles. The lowest BCUT2D eigenvalue weighted by Crippen LogP contribution is -2.50. The lowest BCUT2D eigenvalue weighted by Gasteiger charge is -2.44. The van der Waals surface area contributed by atoms with Gasteiger partial charge in [0, 0.05) is 48.2 Å². The monoisotopic (exact) mass is 537 g/mol. The molecule has 0 bridgehead atoms. The number of nitrogens with zero attached hydrogens (tertiary/aromatic N) is 4.